The fourth-order valence-corrected chi connectivity index (χ4v) is 3.16. The van der Waals surface area contributed by atoms with Gasteiger partial charge in [0.05, 0.1) is 0 Å². The zero-order valence-electron chi connectivity index (χ0n) is 13.6. The zero-order chi connectivity index (χ0) is 18.0. The lowest BCUT2D eigenvalue weighted by molar-refractivity contribution is 0.0686. The number of hydrogen-bond acceptors (Lipinski definition) is 4. The Morgan fingerprint density at radius 1 is 1.12 bits per heavy atom. The average Bonchev–Trinajstić information content (AvgIpc) is 2.92. The Morgan fingerprint density at radius 3 is 2.60 bits per heavy atom. The van der Waals surface area contributed by atoms with Crippen molar-refractivity contribution in [2.75, 3.05) is 17.4 Å². The van der Waals surface area contributed by atoms with E-state index in [4.69, 9.17) is 0 Å². The molecule has 0 radical (unpaired) electrons. The van der Waals surface area contributed by atoms with Crippen molar-refractivity contribution in [1.82, 2.24) is 4.57 Å². The Labute approximate surface area is 145 Å². The van der Waals surface area contributed by atoms with Crippen molar-refractivity contribution >= 4 is 32.4 Å². The highest BCUT2D eigenvalue weighted by Gasteiger charge is 2.14. The molecule has 1 aromatic heterocycles. The van der Waals surface area contributed by atoms with Crippen molar-refractivity contribution in [1.29, 1.82) is 0 Å². The monoisotopic (exact) mass is 358 g/mol. The number of aromatic nitrogens is 1. The lowest BCUT2D eigenvalue weighted by atomic mass is 10.2. The van der Waals surface area contributed by atoms with Gasteiger partial charge in [-0.3, -0.25) is 0 Å². The molecule has 0 amide bonds. The third kappa shape index (κ3) is 4.00. The number of para-hydroxylation sites is 1. The molecule has 0 saturated carbocycles. The molecule has 0 fully saturated rings. The molecule has 0 aliphatic heterocycles. The zero-order valence-corrected chi connectivity index (χ0v) is 14.5. The van der Waals surface area contributed by atoms with Gasteiger partial charge < -0.3 is 15.0 Å². The largest absolute Gasteiger partial charge is 0.477 e. The van der Waals surface area contributed by atoms with Crippen LogP contribution in [0, 0.1) is 0 Å². The number of carboxylic acid groups (broad SMARTS) is 1. The topological polar surface area (TPSA) is 88.4 Å². The summed E-state index contributed by atoms with van der Waals surface area (Å²) in [6, 6.07) is 16.5. The summed E-state index contributed by atoms with van der Waals surface area (Å²) in [4.78, 5) is 11.6. The second-order valence-corrected chi connectivity index (χ2v) is 8.07. The van der Waals surface area contributed by atoms with Crippen molar-refractivity contribution in [3.8, 4) is 0 Å². The number of anilines is 1. The number of nitrogens with one attached hydrogen (secondary N) is 1. The van der Waals surface area contributed by atoms with Crippen molar-refractivity contribution in [2.24, 2.45) is 0 Å². The molecule has 2 aromatic carbocycles. The summed E-state index contributed by atoms with van der Waals surface area (Å²) in [5.74, 6) is -1.13. The van der Waals surface area contributed by atoms with Crippen LogP contribution >= 0.6 is 0 Å². The van der Waals surface area contributed by atoms with E-state index in [9.17, 15) is 18.3 Å². The van der Waals surface area contributed by atoms with Crippen molar-refractivity contribution in [3.63, 3.8) is 0 Å². The van der Waals surface area contributed by atoms with Gasteiger partial charge in [0, 0.05) is 29.4 Å². The van der Waals surface area contributed by atoms with Crippen LogP contribution in [0.5, 0.6) is 0 Å². The molecule has 3 rings (SSSR count). The maximum atomic E-state index is 11.6. The first-order chi connectivity index (χ1) is 11.8. The molecule has 0 bridgehead atoms. The Morgan fingerprint density at radius 2 is 1.88 bits per heavy atom. The van der Waals surface area contributed by atoms with E-state index in [-0.39, 0.29) is 11.6 Å². The molecule has 0 saturated heterocycles. The van der Waals surface area contributed by atoms with Gasteiger partial charge in [-0.25, -0.2) is 13.2 Å². The second kappa shape index (κ2) is 6.60. The molecule has 0 aliphatic carbocycles. The van der Waals surface area contributed by atoms with Crippen LogP contribution in [0.4, 0.5) is 5.69 Å². The van der Waals surface area contributed by atoms with E-state index in [0.29, 0.717) is 12.2 Å². The van der Waals surface area contributed by atoms with Crippen molar-refractivity contribution < 1.29 is 18.3 Å². The molecule has 3 aromatic rings. The Hall–Kier alpha value is -2.80. The first-order valence-electron chi connectivity index (χ1n) is 7.65. The van der Waals surface area contributed by atoms with Crippen LogP contribution < -0.4 is 5.32 Å². The standard InChI is InChI=1S/C18H18N2O4S/c1-25(23,24)12-19-15-7-4-5-13(9-15)11-20-16-8-3-2-6-14(16)10-17(20)18(21)22/h2-10,19H,11-12H2,1H3,(H,21,22). The van der Waals surface area contributed by atoms with Crippen molar-refractivity contribution in [3.05, 3.63) is 65.9 Å². The van der Waals surface area contributed by atoms with Crippen LogP contribution in [0.1, 0.15) is 16.1 Å². The fraction of sp³-hybridized carbons (Fsp3) is 0.167. The quantitative estimate of drug-likeness (QED) is 0.707. The predicted molar refractivity (Wildman–Crippen MR) is 97.8 cm³/mol. The number of hydrogen-bond donors (Lipinski definition) is 2. The number of aromatic carboxylic acids is 1. The van der Waals surface area contributed by atoms with E-state index in [1.54, 1.807) is 16.7 Å². The van der Waals surface area contributed by atoms with E-state index < -0.39 is 15.8 Å². The maximum Gasteiger partial charge on any atom is 0.352 e. The van der Waals surface area contributed by atoms with Gasteiger partial charge in [0.25, 0.3) is 0 Å². The van der Waals surface area contributed by atoms with E-state index >= 15 is 0 Å². The summed E-state index contributed by atoms with van der Waals surface area (Å²) in [6.45, 7) is 0.379. The normalized spacial score (nSPS) is 11.6. The first-order valence-corrected chi connectivity index (χ1v) is 9.72. The molecule has 0 spiro atoms. The van der Waals surface area contributed by atoms with Gasteiger partial charge in [-0.15, -0.1) is 0 Å². The van der Waals surface area contributed by atoms with E-state index in [1.807, 2.05) is 42.5 Å². The minimum Gasteiger partial charge on any atom is -0.477 e. The SMILES string of the molecule is CS(=O)(=O)CNc1cccc(Cn2c(C(=O)O)cc3ccccc32)c1. The van der Waals surface area contributed by atoms with Crippen LogP contribution in [0.15, 0.2) is 54.6 Å². The molecule has 0 unspecified atom stereocenters. The maximum absolute atomic E-state index is 11.6. The van der Waals surface area contributed by atoms with Gasteiger partial charge in [-0.2, -0.15) is 0 Å². The van der Waals surface area contributed by atoms with Gasteiger partial charge in [0.1, 0.15) is 11.6 Å². The Bertz CT molecular complexity index is 1040. The van der Waals surface area contributed by atoms with Crippen LogP contribution in [0.2, 0.25) is 0 Å². The number of carboxylic acids is 1. The highest BCUT2D eigenvalue weighted by atomic mass is 32.2. The molecular formula is C18H18N2O4S. The minimum absolute atomic E-state index is 0.150. The van der Waals surface area contributed by atoms with Gasteiger partial charge in [0.15, 0.2) is 9.84 Å². The highest BCUT2D eigenvalue weighted by molar-refractivity contribution is 7.90. The van der Waals surface area contributed by atoms with Crippen LogP contribution in [-0.4, -0.2) is 36.2 Å². The fourth-order valence-electron chi connectivity index (χ4n) is 2.73. The first kappa shape index (κ1) is 17.0. The number of fused-ring (bicyclic) bond motifs is 1. The summed E-state index contributed by atoms with van der Waals surface area (Å²) in [5.41, 5.74) is 2.61. The molecule has 6 nitrogen and oxygen atoms in total. The van der Waals surface area contributed by atoms with Gasteiger partial charge >= 0.3 is 5.97 Å². The Kier molecular flexibility index (Phi) is 4.50. The third-order valence-electron chi connectivity index (χ3n) is 3.84. The minimum atomic E-state index is -3.13. The average molecular weight is 358 g/mol. The van der Waals surface area contributed by atoms with Gasteiger partial charge in [0.2, 0.25) is 0 Å². The number of carbonyl (C=O) groups is 1. The van der Waals surface area contributed by atoms with Crippen LogP contribution in [0.25, 0.3) is 10.9 Å². The number of benzene rings is 2. The predicted octanol–water partition coefficient (Wildman–Crippen LogP) is 2.80. The summed E-state index contributed by atoms with van der Waals surface area (Å²) < 4.78 is 24.3. The lowest BCUT2D eigenvalue weighted by Crippen LogP contribution is -2.13. The smallest absolute Gasteiger partial charge is 0.352 e. The van der Waals surface area contributed by atoms with Gasteiger partial charge in [-0.1, -0.05) is 30.3 Å². The van der Waals surface area contributed by atoms with E-state index in [2.05, 4.69) is 5.32 Å². The summed E-state index contributed by atoms with van der Waals surface area (Å²) >= 11 is 0. The molecular weight excluding hydrogens is 340 g/mol. The van der Waals surface area contributed by atoms with E-state index in [0.717, 1.165) is 22.7 Å². The molecule has 7 heteroatoms. The lowest BCUT2D eigenvalue weighted by Gasteiger charge is -2.11. The number of rotatable bonds is 6. The Balaban J connectivity index is 1.94. The number of nitrogens with zero attached hydrogens (tertiary/aromatic N) is 1. The van der Waals surface area contributed by atoms with Crippen LogP contribution in [0.3, 0.4) is 0 Å². The molecule has 0 aliphatic rings. The van der Waals surface area contributed by atoms with Gasteiger partial charge in [-0.05, 0) is 29.8 Å². The molecule has 2 N–H and O–H groups in total. The summed E-state index contributed by atoms with van der Waals surface area (Å²) in [6.07, 6.45) is 1.16. The van der Waals surface area contributed by atoms with Crippen molar-refractivity contribution in [2.45, 2.75) is 6.54 Å². The second-order valence-electron chi connectivity index (χ2n) is 5.93. The molecule has 130 valence electrons. The summed E-state index contributed by atoms with van der Waals surface area (Å²) in [5, 5.41) is 13.2. The van der Waals surface area contributed by atoms with E-state index in [1.165, 1.54) is 0 Å². The molecule has 0 atom stereocenters. The molecule has 25 heavy (non-hydrogen) atoms. The third-order valence-corrected chi connectivity index (χ3v) is 4.50. The van der Waals surface area contributed by atoms with Crippen LogP contribution in [-0.2, 0) is 16.4 Å². The molecule has 1 heterocycles. The summed E-state index contributed by atoms with van der Waals surface area (Å²) in [7, 11) is -3.13. The number of sulfone groups is 1. The highest BCUT2D eigenvalue weighted by Crippen LogP contribution is 2.22.